The maximum absolute atomic E-state index is 6.79. The smallest absolute Gasteiger partial charge is 0.143 e. The highest BCUT2D eigenvalue weighted by Gasteiger charge is 2.26. The van der Waals surface area contributed by atoms with Gasteiger partial charge in [-0.2, -0.15) is 0 Å². The summed E-state index contributed by atoms with van der Waals surface area (Å²) in [5.74, 6) is 0. The van der Waals surface area contributed by atoms with E-state index in [2.05, 4.69) is 413 Å². The molecule has 0 saturated heterocycles. The van der Waals surface area contributed by atoms with Crippen molar-refractivity contribution in [3.8, 4) is 77.9 Å². The molecule has 27 aromatic rings. The number of hydrogen-bond donors (Lipinski definition) is 0. The van der Waals surface area contributed by atoms with Crippen LogP contribution in [0.1, 0.15) is 0 Å². The Labute approximate surface area is 712 Å². The lowest BCUT2D eigenvalue weighted by Crippen LogP contribution is -1.91. The Bertz CT molecular complexity index is 8880. The van der Waals surface area contributed by atoms with Crippen LogP contribution < -0.4 is 0 Å². The average molecular weight is 1580 g/mol. The van der Waals surface area contributed by atoms with Crippen LogP contribution >= 0.6 is 0 Å². The van der Waals surface area contributed by atoms with E-state index >= 15 is 0 Å². The molecule has 124 heavy (non-hydrogen) atoms. The van der Waals surface area contributed by atoms with Crippen LogP contribution in [0.2, 0.25) is 0 Å². The molecule has 0 fully saturated rings. The number of hydrogen-bond acceptors (Lipinski definition) is 4. The fourth-order valence-corrected chi connectivity index (χ4v) is 20.4. The Hall–Kier alpha value is -16.4. The molecule has 0 atom stereocenters. The predicted octanol–water partition coefficient (Wildman–Crippen LogP) is 34.7. The largest absolute Gasteiger partial charge is 0.456 e. The first-order valence-corrected chi connectivity index (χ1v) is 42.5. The topological polar surface area (TPSA) is 52.6 Å². The summed E-state index contributed by atoms with van der Waals surface area (Å²) < 4.78 is 25.9. The van der Waals surface area contributed by atoms with Crippen LogP contribution in [0.5, 0.6) is 0 Å². The molecule has 0 spiro atoms. The summed E-state index contributed by atoms with van der Waals surface area (Å²) in [4.78, 5) is 0. The second-order valence-electron chi connectivity index (χ2n) is 32.5. The van der Waals surface area contributed by atoms with Crippen LogP contribution in [0.3, 0.4) is 0 Å². The molecule has 4 heterocycles. The Morgan fingerprint density at radius 1 is 0.121 bits per heavy atom. The minimum atomic E-state index is 0.866. The van der Waals surface area contributed by atoms with Gasteiger partial charge in [-0.1, -0.05) is 382 Å². The number of rotatable bonds is 7. The second kappa shape index (κ2) is 28.7. The van der Waals surface area contributed by atoms with E-state index in [0.717, 1.165) is 87.9 Å². The van der Waals surface area contributed by atoms with E-state index in [1.54, 1.807) is 0 Å². The molecule has 0 aliphatic carbocycles. The molecule has 0 unspecified atom stereocenters. The zero-order chi connectivity index (χ0) is 81.5. The van der Waals surface area contributed by atoms with Crippen molar-refractivity contribution in [2.24, 2.45) is 0 Å². The monoisotopic (exact) mass is 1580 g/mol. The Balaban J connectivity index is 0.000000103. The van der Waals surface area contributed by atoms with E-state index in [0.29, 0.717) is 0 Å². The van der Waals surface area contributed by atoms with E-state index in [4.69, 9.17) is 17.7 Å². The molecule has 4 aromatic heterocycles. The van der Waals surface area contributed by atoms with Gasteiger partial charge in [-0.25, -0.2) is 0 Å². The third kappa shape index (κ3) is 11.2. The normalized spacial score (nSPS) is 11.9. The van der Waals surface area contributed by atoms with Crippen molar-refractivity contribution in [2.45, 2.75) is 0 Å². The highest BCUT2D eigenvalue weighted by atomic mass is 16.3. The van der Waals surface area contributed by atoms with Crippen LogP contribution in [-0.4, -0.2) is 0 Å². The highest BCUT2D eigenvalue weighted by molar-refractivity contribution is 6.32. The lowest BCUT2D eigenvalue weighted by Gasteiger charge is -2.18. The van der Waals surface area contributed by atoms with Gasteiger partial charge in [0.05, 0.1) is 0 Å². The number of furan rings is 4. The van der Waals surface area contributed by atoms with E-state index < -0.39 is 0 Å². The van der Waals surface area contributed by atoms with E-state index in [1.807, 2.05) is 24.3 Å². The minimum absolute atomic E-state index is 0.866. The fourth-order valence-electron chi connectivity index (χ4n) is 20.4. The van der Waals surface area contributed by atoms with Gasteiger partial charge in [0.2, 0.25) is 0 Å². The number of fused-ring (bicyclic) bond motifs is 24. The molecule has 0 radical (unpaired) electrons. The number of benzene rings is 23. The summed E-state index contributed by atoms with van der Waals surface area (Å²) in [6.07, 6.45) is 0. The summed E-state index contributed by atoms with van der Waals surface area (Å²) >= 11 is 0. The van der Waals surface area contributed by atoms with Gasteiger partial charge < -0.3 is 17.7 Å². The summed E-state index contributed by atoms with van der Waals surface area (Å²) in [6, 6.07) is 156. The molecular formula is C120H72O4. The SMILES string of the molecule is c1ccc(-c2c3ccccc3c(-c3cccc4oc5c6ccccc6ccc5c34)c3ccccc23)cc1.c1ccc(-c2ccc(-c3c4ccccc4c(-c4cccc5c4oc4ccc6oc7ccccc7c6c45)c4ccccc34)cc2)cc1.c1ccc2cc(-c3c4ccccc4c(-c4ccc5oc6ccc7ccccc7c6c5c4)c4ccccc34)ccc2c1. The van der Waals surface area contributed by atoms with Gasteiger partial charge >= 0.3 is 0 Å². The summed E-state index contributed by atoms with van der Waals surface area (Å²) in [5, 5.41) is 31.3. The Kier molecular flexibility index (Phi) is 16.3. The van der Waals surface area contributed by atoms with Gasteiger partial charge in [-0.05, 0) is 213 Å². The zero-order valence-corrected chi connectivity index (χ0v) is 67.2. The van der Waals surface area contributed by atoms with Gasteiger partial charge in [0, 0.05) is 59.6 Å². The van der Waals surface area contributed by atoms with Crippen molar-refractivity contribution < 1.29 is 17.7 Å². The van der Waals surface area contributed by atoms with Crippen LogP contribution in [0, 0.1) is 0 Å². The Morgan fingerprint density at radius 3 is 1.02 bits per heavy atom. The van der Waals surface area contributed by atoms with Crippen molar-refractivity contribution in [1.29, 1.82) is 0 Å². The molecule has 576 valence electrons. The molecule has 0 aliphatic heterocycles. The Morgan fingerprint density at radius 2 is 0.435 bits per heavy atom. The molecule has 0 N–H and O–H groups in total. The fraction of sp³-hybridized carbons (Fsp3) is 0. The summed E-state index contributed by atoms with van der Waals surface area (Å²) in [7, 11) is 0. The van der Waals surface area contributed by atoms with Crippen LogP contribution in [-0.2, 0) is 0 Å². The number of para-hydroxylation sites is 2. The van der Waals surface area contributed by atoms with Crippen LogP contribution in [0.25, 0.3) is 263 Å². The molecule has 0 saturated carbocycles. The van der Waals surface area contributed by atoms with Gasteiger partial charge in [0.1, 0.15) is 44.7 Å². The predicted molar refractivity (Wildman–Crippen MR) is 524 cm³/mol. The standard InChI is InChI=1S/C44H26O2.C40H24O.C36H22O/c1-2-11-27(12-3-1)28-21-23-29(24-22-28)40-30-13-4-6-15-32(30)41(33-16-7-5-14-31(33)40)35-18-10-19-36-43-39(46-44(35)36)26-25-38-42(43)34-17-8-9-20-37(34)45-38;1-2-11-27-23-28(18-17-25(27)9-1)38-31-13-5-7-15-33(31)39(34-16-8-6-14-32(34)38)29-20-21-36-35(24-29)40-30-12-4-3-10-26(30)19-22-37(40)41-36;1-2-12-24(13-3-1)33-26-15-6-8-17-28(26)34(29-18-9-7-16-27(29)33)30-19-10-20-32-35(30)31-22-21-23-11-4-5-14-25(23)36(31)37-32/h1-26H;1-24H;1-22H. The van der Waals surface area contributed by atoms with E-state index in [9.17, 15) is 0 Å². The maximum Gasteiger partial charge on any atom is 0.143 e. The van der Waals surface area contributed by atoms with Crippen LogP contribution in [0.15, 0.2) is 454 Å². The van der Waals surface area contributed by atoms with Crippen molar-refractivity contribution >= 4 is 185 Å². The lowest BCUT2D eigenvalue weighted by molar-refractivity contribution is 0.663. The van der Waals surface area contributed by atoms with Gasteiger partial charge in [0.25, 0.3) is 0 Å². The van der Waals surface area contributed by atoms with Crippen molar-refractivity contribution in [1.82, 2.24) is 0 Å². The second-order valence-corrected chi connectivity index (χ2v) is 32.5. The van der Waals surface area contributed by atoms with E-state index in [1.165, 1.54) is 175 Å². The first-order chi connectivity index (χ1) is 61.5. The van der Waals surface area contributed by atoms with Crippen molar-refractivity contribution in [3.05, 3.63) is 437 Å². The quantitative estimate of drug-likeness (QED) is 0.149. The van der Waals surface area contributed by atoms with Crippen molar-refractivity contribution in [2.75, 3.05) is 0 Å². The molecule has 4 nitrogen and oxygen atoms in total. The minimum Gasteiger partial charge on any atom is -0.456 e. The van der Waals surface area contributed by atoms with Crippen molar-refractivity contribution in [3.63, 3.8) is 0 Å². The highest BCUT2D eigenvalue weighted by Crippen LogP contribution is 2.53. The molecule has 0 amide bonds. The molecule has 23 aromatic carbocycles. The molecule has 27 rings (SSSR count). The third-order valence-electron chi connectivity index (χ3n) is 25.8. The molecule has 0 aliphatic rings. The first-order valence-electron chi connectivity index (χ1n) is 42.5. The zero-order valence-electron chi connectivity index (χ0n) is 67.2. The summed E-state index contributed by atoms with van der Waals surface area (Å²) in [6.45, 7) is 0. The van der Waals surface area contributed by atoms with Crippen LogP contribution in [0.4, 0.5) is 0 Å². The molecular weight excluding hydrogens is 1510 g/mol. The average Bonchev–Trinajstić information content (AvgIpc) is 1.53. The maximum atomic E-state index is 6.79. The van der Waals surface area contributed by atoms with Gasteiger partial charge in [0.15, 0.2) is 0 Å². The van der Waals surface area contributed by atoms with Gasteiger partial charge in [-0.3, -0.25) is 0 Å². The third-order valence-corrected chi connectivity index (χ3v) is 25.8. The summed E-state index contributed by atoms with van der Waals surface area (Å²) in [5.41, 5.74) is 24.4. The molecule has 4 heteroatoms. The lowest BCUT2D eigenvalue weighted by atomic mass is 9.85. The first kappa shape index (κ1) is 70.6. The molecule has 0 bridgehead atoms. The van der Waals surface area contributed by atoms with Gasteiger partial charge in [-0.15, -0.1) is 0 Å². The van der Waals surface area contributed by atoms with E-state index in [-0.39, 0.29) is 0 Å².